The predicted molar refractivity (Wildman–Crippen MR) is 63.3 cm³/mol. The number of hydrogen-bond acceptors (Lipinski definition) is 3. The normalized spacial score (nSPS) is 12.0. The van der Waals surface area contributed by atoms with Crippen LogP contribution < -0.4 is 3.98 Å². The first kappa shape index (κ1) is 9.62. The van der Waals surface area contributed by atoms with Crippen molar-refractivity contribution in [2.75, 3.05) is 0 Å². The van der Waals surface area contributed by atoms with E-state index < -0.39 is 0 Å². The summed E-state index contributed by atoms with van der Waals surface area (Å²) in [5.74, 6) is 0. The molecule has 0 spiro atoms. The van der Waals surface area contributed by atoms with Crippen molar-refractivity contribution in [3.05, 3.63) is 44.1 Å². The standard InChI is InChI=1S/C11H11NS2/c1-8-3-5-10(6-4-8)12-11-13-7-9(2)14-11/h3-7H,1-2H3/b12-11-. The van der Waals surface area contributed by atoms with Gasteiger partial charge in [-0.15, -0.1) is 22.7 Å². The minimum absolute atomic E-state index is 1.04. The van der Waals surface area contributed by atoms with Gasteiger partial charge in [-0.05, 0) is 26.0 Å². The summed E-state index contributed by atoms with van der Waals surface area (Å²) in [4.78, 5) is 5.86. The number of aryl methyl sites for hydroxylation is 2. The maximum atomic E-state index is 4.54. The Bertz CT molecular complexity index is 476. The Hall–Kier alpha value is -0.930. The van der Waals surface area contributed by atoms with Gasteiger partial charge in [0, 0.05) is 10.3 Å². The highest BCUT2D eigenvalue weighted by atomic mass is 32.2. The van der Waals surface area contributed by atoms with Crippen molar-refractivity contribution in [2.45, 2.75) is 13.8 Å². The molecule has 0 bridgehead atoms. The van der Waals surface area contributed by atoms with Gasteiger partial charge >= 0.3 is 0 Å². The molecule has 72 valence electrons. The number of nitrogens with zero attached hydrogens (tertiary/aromatic N) is 1. The average molecular weight is 221 g/mol. The zero-order valence-corrected chi connectivity index (χ0v) is 9.78. The Morgan fingerprint density at radius 3 is 2.36 bits per heavy atom. The van der Waals surface area contributed by atoms with E-state index in [2.05, 4.69) is 48.5 Å². The second kappa shape index (κ2) is 4.07. The lowest BCUT2D eigenvalue weighted by Gasteiger charge is -1.92. The van der Waals surface area contributed by atoms with E-state index in [-0.39, 0.29) is 0 Å². The third kappa shape index (κ3) is 2.30. The average Bonchev–Trinajstić information content (AvgIpc) is 2.56. The smallest absolute Gasteiger partial charge is 0.171 e. The fraction of sp³-hybridized carbons (Fsp3) is 0.182. The summed E-state index contributed by atoms with van der Waals surface area (Å²) in [5.41, 5.74) is 2.31. The lowest BCUT2D eigenvalue weighted by molar-refractivity contribution is 1.40. The van der Waals surface area contributed by atoms with Gasteiger partial charge in [0.05, 0.1) is 5.69 Å². The summed E-state index contributed by atoms with van der Waals surface area (Å²) in [6, 6.07) is 8.28. The first-order chi connectivity index (χ1) is 6.74. The molecule has 0 aliphatic heterocycles. The van der Waals surface area contributed by atoms with E-state index in [9.17, 15) is 0 Å². The van der Waals surface area contributed by atoms with E-state index in [0.29, 0.717) is 0 Å². The summed E-state index contributed by atoms with van der Waals surface area (Å²) >= 11 is 3.44. The zero-order valence-electron chi connectivity index (χ0n) is 8.15. The van der Waals surface area contributed by atoms with Crippen LogP contribution in [0.1, 0.15) is 10.4 Å². The molecule has 0 atom stereocenters. The molecule has 3 heteroatoms. The topological polar surface area (TPSA) is 12.4 Å². The molecule has 0 N–H and O–H groups in total. The van der Waals surface area contributed by atoms with Crippen LogP contribution in [0.5, 0.6) is 0 Å². The summed E-state index contributed by atoms with van der Waals surface area (Å²) < 4.78 is 1.12. The molecule has 0 fully saturated rings. The molecule has 2 rings (SSSR count). The first-order valence-electron chi connectivity index (χ1n) is 4.41. The SMILES string of the molecule is Cc1ccc(/N=c2/scc(C)s2)cc1. The maximum absolute atomic E-state index is 4.54. The Morgan fingerprint density at radius 1 is 1.07 bits per heavy atom. The van der Waals surface area contributed by atoms with E-state index in [1.54, 1.807) is 22.7 Å². The van der Waals surface area contributed by atoms with Crippen LogP contribution >= 0.6 is 22.7 Å². The van der Waals surface area contributed by atoms with Gasteiger partial charge in [-0.25, -0.2) is 4.99 Å². The Morgan fingerprint density at radius 2 is 1.79 bits per heavy atom. The maximum Gasteiger partial charge on any atom is 0.171 e. The van der Waals surface area contributed by atoms with Gasteiger partial charge in [-0.3, -0.25) is 0 Å². The molecular formula is C11H11NS2. The third-order valence-corrected chi connectivity index (χ3v) is 3.99. The Kier molecular flexibility index (Phi) is 2.79. The van der Waals surface area contributed by atoms with Crippen molar-refractivity contribution in [1.82, 2.24) is 0 Å². The molecule has 0 aliphatic rings. The van der Waals surface area contributed by atoms with Gasteiger partial charge in [-0.2, -0.15) is 0 Å². The van der Waals surface area contributed by atoms with E-state index in [4.69, 9.17) is 0 Å². The first-order valence-corrected chi connectivity index (χ1v) is 6.10. The number of hydrogen-bond donors (Lipinski definition) is 0. The van der Waals surface area contributed by atoms with Gasteiger partial charge in [0.1, 0.15) is 0 Å². The molecule has 0 saturated heterocycles. The van der Waals surface area contributed by atoms with E-state index in [1.165, 1.54) is 10.4 Å². The van der Waals surface area contributed by atoms with Crippen molar-refractivity contribution >= 4 is 28.4 Å². The highest BCUT2D eigenvalue weighted by Gasteiger charge is 1.91. The molecule has 1 heterocycles. The predicted octanol–water partition coefficient (Wildman–Crippen LogP) is 3.66. The second-order valence-electron chi connectivity index (χ2n) is 3.16. The van der Waals surface area contributed by atoms with Crippen molar-refractivity contribution < 1.29 is 0 Å². The molecule has 1 aromatic heterocycles. The van der Waals surface area contributed by atoms with Crippen LogP contribution in [0.25, 0.3) is 0 Å². The van der Waals surface area contributed by atoms with Crippen molar-refractivity contribution in [2.24, 2.45) is 4.99 Å². The highest BCUT2D eigenvalue weighted by Crippen LogP contribution is 2.13. The van der Waals surface area contributed by atoms with Crippen LogP contribution in [0.4, 0.5) is 5.69 Å². The van der Waals surface area contributed by atoms with Crippen molar-refractivity contribution in [1.29, 1.82) is 0 Å². The van der Waals surface area contributed by atoms with Gasteiger partial charge in [0.2, 0.25) is 0 Å². The summed E-state index contributed by atoms with van der Waals surface area (Å²) in [7, 11) is 0. The fourth-order valence-corrected chi connectivity index (χ4v) is 3.01. The van der Waals surface area contributed by atoms with Crippen molar-refractivity contribution in [3.63, 3.8) is 0 Å². The largest absolute Gasteiger partial charge is 0.228 e. The monoisotopic (exact) mass is 221 g/mol. The number of benzene rings is 1. The van der Waals surface area contributed by atoms with E-state index >= 15 is 0 Å². The second-order valence-corrected chi connectivity index (χ2v) is 5.51. The van der Waals surface area contributed by atoms with Crippen molar-refractivity contribution in [3.8, 4) is 0 Å². The van der Waals surface area contributed by atoms with Crippen LogP contribution in [0.15, 0.2) is 34.6 Å². The summed E-state index contributed by atoms with van der Waals surface area (Å²) in [5, 5.41) is 2.14. The Labute approximate surface area is 91.4 Å². The van der Waals surface area contributed by atoms with Gasteiger partial charge < -0.3 is 0 Å². The molecule has 1 nitrogen and oxygen atoms in total. The van der Waals surface area contributed by atoms with Crippen LogP contribution in [-0.4, -0.2) is 0 Å². The van der Waals surface area contributed by atoms with Crippen LogP contribution in [0.3, 0.4) is 0 Å². The van der Waals surface area contributed by atoms with E-state index in [0.717, 1.165) is 9.67 Å². The lowest BCUT2D eigenvalue weighted by atomic mass is 10.2. The number of rotatable bonds is 1. The van der Waals surface area contributed by atoms with Crippen LogP contribution in [0.2, 0.25) is 0 Å². The minimum atomic E-state index is 1.04. The van der Waals surface area contributed by atoms with Gasteiger partial charge in [0.25, 0.3) is 0 Å². The molecule has 0 aliphatic carbocycles. The molecule has 0 radical (unpaired) electrons. The van der Waals surface area contributed by atoms with Crippen LogP contribution in [0, 0.1) is 13.8 Å². The van der Waals surface area contributed by atoms with E-state index in [1.807, 2.05) is 0 Å². The Balaban J connectivity index is 2.38. The minimum Gasteiger partial charge on any atom is -0.228 e. The molecule has 0 amide bonds. The lowest BCUT2D eigenvalue weighted by Crippen LogP contribution is -1.83. The fourth-order valence-electron chi connectivity index (χ4n) is 1.09. The van der Waals surface area contributed by atoms with Crippen LogP contribution in [-0.2, 0) is 0 Å². The quantitative estimate of drug-likeness (QED) is 0.697. The summed E-state index contributed by atoms with van der Waals surface area (Å²) in [6.07, 6.45) is 0. The zero-order chi connectivity index (χ0) is 9.97. The summed E-state index contributed by atoms with van der Waals surface area (Å²) in [6.45, 7) is 4.19. The molecule has 1 aromatic carbocycles. The molecule has 0 unspecified atom stereocenters. The van der Waals surface area contributed by atoms with Gasteiger partial charge in [0.15, 0.2) is 3.98 Å². The molecule has 0 saturated carbocycles. The molecular weight excluding hydrogens is 210 g/mol. The van der Waals surface area contributed by atoms with Gasteiger partial charge in [-0.1, -0.05) is 17.7 Å². The molecule has 14 heavy (non-hydrogen) atoms. The molecule has 2 aromatic rings. The highest BCUT2D eigenvalue weighted by molar-refractivity contribution is 7.26. The third-order valence-electron chi connectivity index (χ3n) is 1.83.